The zero-order chi connectivity index (χ0) is 17.7. The molecular weight excluding hydrogens is 307 g/mol. The van der Waals surface area contributed by atoms with Crippen LogP contribution in [0, 0.1) is 11.2 Å². The van der Waals surface area contributed by atoms with Gasteiger partial charge in [0.05, 0.1) is 11.3 Å². The molecule has 0 bridgehead atoms. The number of hydrogen-bond acceptors (Lipinski definition) is 4. The van der Waals surface area contributed by atoms with E-state index in [1.807, 2.05) is 13.8 Å². The summed E-state index contributed by atoms with van der Waals surface area (Å²) in [5.41, 5.74) is 6.21. The Kier molecular flexibility index (Phi) is 5.51. The zero-order valence-electron chi connectivity index (χ0n) is 14.2. The highest BCUT2D eigenvalue weighted by molar-refractivity contribution is 5.99. The lowest BCUT2D eigenvalue weighted by molar-refractivity contribution is 0.0741. The molecule has 0 aliphatic heterocycles. The molecule has 0 aliphatic carbocycles. The number of rotatable bonds is 6. The number of nitrogens with zero attached hydrogens (tertiary/aromatic N) is 2. The Bertz CT molecular complexity index is 718. The van der Waals surface area contributed by atoms with Gasteiger partial charge in [-0.3, -0.25) is 4.79 Å². The lowest BCUT2D eigenvalue weighted by Gasteiger charge is -2.29. The van der Waals surface area contributed by atoms with Gasteiger partial charge in [0, 0.05) is 19.8 Å². The molecule has 0 spiro atoms. The van der Waals surface area contributed by atoms with E-state index in [-0.39, 0.29) is 17.0 Å². The summed E-state index contributed by atoms with van der Waals surface area (Å²) in [5, 5.41) is 2.90. The topological polar surface area (TPSA) is 71.2 Å². The summed E-state index contributed by atoms with van der Waals surface area (Å²) in [6.07, 6.45) is 1.56. The van der Waals surface area contributed by atoms with Crippen LogP contribution >= 0.6 is 0 Å². The van der Waals surface area contributed by atoms with E-state index in [1.54, 1.807) is 48.5 Å². The average Bonchev–Trinajstić information content (AvgIpc) is 2.56. The van der Waals surface area contributed by atoms with E-state index in [0.717, 1.165) is 0 Å². The fraction of sp³-hybridized carbons (Fsp3) is 0.333. The number of pyridine rings is 1. The Morgan fingerprint density at radius 1 is 1.29 bits per heavy atom. The van der Waals surface area contributed by atoms with Crippen molar-refractivity contribution in [1.29, 1.82) is 0 Å². The van der Waals surface area contributed by atoms with E-state index in [1.165, 1.54) is 6.07 Å². The number of amides is 1. The van der Waals surface area contributed by atoms with E-state index >= 15 is 0 Å². The van der Waals surface area contributed by atoms with Crippen molar-refractivity contribution in [3.05, 3.63) is 54.0 Å². The number of nitrogens with two attached hydrogens (primary N) is 1. The van der Waals surface area contributed by atoms with Crippen LogP contribution in [0.1, 0.15) is 24.2 Å². The van der Waals surface area contributed by atoms with Crippen LogP contribution in [0.3, 0.4) is 0 Å². The Labute approximate surface area is 141 Å². The standard InChI is InChI=1S/C18H23FN4O/c1-18(2,11-20)12-23(3)17(24)13-7-6-10-21-16(13)22-15-9-5-4-8-14(15)19/h4-10H,11-12,20H2,1-3H3,(H,21,22). The lowest BCUT2D eigenvalue weighted by atomic mass is 9.93. The number of anilines is 2. The molecule has 3 N–H and O–H groups in total. The smallest absolute Gasteiger partial charge is 0.257 e. The minimum Gasteiger partial charge on any atom is -0.341 e. The van der Waals surface area contributed by atoms with Crippen LogP contribution < -0.4 is 11.1 Å². The molecule has 0 radical (unpaired) electrons. The van der Waals surface area contributed by atoms with Crippen molar-refractivity contribution in [3.8, 4) is 0 Å². The highest BCUT2D eigenvalue weighted by Crippen LogP contribution is 2.23. The van der Waals surface area contributed by atoms with Gasteiger partial charge in [0.15, 0.2) is 0 Å². The fourth-order valence-electron chi connectivity index (χ4n) is 2.35. The Hall–Kier alpha value is -2.47. The number of nitrogens with one attached hydrogen (secondary N) is 1. The molecule has 0 unspecified atom stereocenters. The van der Waals surface area contributed by atoms with E-state index in [0.29, 0.717) is 24.5 Å². The largest absolute Gasteiger partial charge is 0.341 e. The summed E-state index contributed by atoms with van der Waals surface area (Å²) in [6.45, 7) is 4.98. The zero-order valence-corrected chi connectivity index (χ0v) is 14.2. The maximum absolute atomic E-state index is 13.8. The normalized spacial score (nSPS) is 11.2. The van der Waals surface area contributed by atoms with Crippen LogP contribution in [0.5, 0.6) is 0 Å². The number of carbonyl (C=O) groups excluding carboxylic acids is 1. The first-order valence-electron chi connectivity index (χ1n) is 7.76. The first-order chi connectivity index (χ1) is 11.3. The molecule has 0 fully saturated rings. The van der Waals surface area contributed by atoms with Crippen LogP contribution in [-0.2, 0) is 0 Å². The summed E-state index contributed by atoms with van der Waals surface area (Å²) in [4.78, 5) is 18.5. The summed E-state index contributed by atoms with van der Waals surface area (Å²) >= 11 is 0. The van der Waals surface area contributed by atoms with Gasteiger partial charge in [-0.25, -0.2) is 9.37 Å². The SMILES string of the molecule is CN(CC(C)(C)CN)C(=O)c1cccnc1Nc1ccccc1F. The molecule has 0 saturated carbocycles. The van der Waals surface area contributed by atoms with E-state index in [9.17, 15) is 9.18 Å². The van der Waals surface area contributed by atoms with E-state index in [4.69, 9.17) is 5.73 Å². The molecule has 1 aromatic carbocycles. The third-order valence-electron chi connectivity index (χ3n) is 3.73. The Morgan fingerprint density at radius 3 is 2.67 bits per heavy atom. The molecule has 2 rings (SSSR count). The minimum absolute atomic E-state index is 0.189. The van der Waals surface area contributed by atoms with Crippen LogP contribution in [0.15, 0.2) is 42.6 Å². The highest BCUT2D eigenvalue weighted by atomic mass is 19.1. The van der Waals surface area contributed by atoms with Gasteiger partial charge in [-0.2, -0.15) is 0 Å². The maximum atomic E-state index is 13.8. The predicted octanol–water partition coefficient (Wildman–Crippen LogP) is 3.02. The van der Waals surface area contributed by atoms with Crippen LogP contribution in [0.25, 0.3) is 0 Å². The van der Waals surface area contributed by atoms with Gasteiger partial charge < -0.3 is 16.0 Å². The van der Waals surface area contributed by atoms with Gasteiger partial charge in [0.2, 0.25) is 0 Å². The van der Waals surface area contributed by atoms with E-state index in [2.05, 4.69) is 10.3 Å². The summed E-state index contributed by atoms with van der Waals surface area (Å²) in [5.74, 6) is -0.271. The molecule has 1 heterocycles. The van der Waals surface area contributed by atoms with Crippen molar-refractivity contribution in [2.24, 2.45) is 11.1 Å². The first-order valence-corrected chi connectivity index (χ1v) is 7.76. The third kappa shape index (κ3) is 4.29. The molecule has 1 amide bonds. The molecule has 0 saturated heterocycles. The van der Waals surface area contributed by atoms with Crippen molar-refractivity contribution >= 4 is 17.4 Å². The fourth-order valence-corrected chi connectivity index (χ4v) is 2.35. The van der Waals surface area contributed by atoms with Crippen molar-refractivity contribution in [3.63, 3.8) is 0 Å². The Morgan fingerprint density at radius 2 is 2.00 bits per heavy atom. The monoisotopic (exact) mass is 330 g/mol. The summed E-state index contributed by atoms with van der Waals surface area (Å²) in [7, 11) is 1.72. The number of hydrogen-bond donors (Lipinski definition) is 2. The highest BCUT2D eigenvalue weighted by Gasteiger charge is 2.24. The molecule has 0 atom stereocenters. The summed E-state index contributed by atoms with van der Waals surface area (Å²) < 4.78 is 13.8. The second-order valence-corrected chi connectivity index (χ2v) is 6.53. The van der Waals surface area contributed by atoms with E-state index < -0.39 is 5.82 Å². The van der Waals surface area contributed by atoms with Crippen molar-refractivity contribution in [2.45, 2.75) is 13.8 Å². The lowest BCUT2D eigenvalue weighted by Crippen LogP contribution is -2.40. The van der Waals surface area contributed by atoms with Gasteiger partial charge in [-0.15, -0.1) is 0 Å². The molecule has 5 nitrogen and oxygen atoms in total. The van der Waals surface area contributed by atoms with Crippen LogP contribution in [0.4, 0.5) is 15.9 Å². The second kappa shape index (κ2) is 7.40. The summed E-state index contributed by atoms with van der Waals surface area (Å²) in [6, 6.07) is 9.62. The van der Waals surface area contributed by atoms with Gasteiger partial charge in [0.1, 0.15) is 11.6 Å². The molecule has 128 valence electrons. The number of carbonyl (C=O) groups is 1. The molecule has 0 aliphatic rings. The number of para-hydroxylation sites is 1. The number of halogens is 1. The molecular formula is C18H23FN4O. The first kappa shape index (κ1) is 17.9. The van der Waals surface area contributed by atoms with Gasteiger partial charge in [0.25, 0.3) is 5.91 Å². The third-order valence-corrected chi connectivity index (χ3v) is 3.73. The van der Waals surface area contributed by atoms with Crippen molar-refractivity contribution in [1.82, 2.24) is 9.88 Å². The van der Waals surface area contributed by atoms with Gasteiger partial charge in [-0.05, 0) is 36.2 Å². The van der Waals surface area contributed by atoms with Crippen LogP contribution in [-0.4, -0.2) is 35.9 Å². The molecule has 2 aromatic rings. The molecule has 24 heavy (non-hydrogen) atoms. The predicted molar refractivity (Wildman–Crippen MR) is 93.7 cm³/mol. The minimum atomic E-state index is -0.404. The second-order valence-electron chi connectivity index (χ2n) is 6.53. The van der Waals surface area contributed by atoms with Crippen molar-refractivity contribution < 1.29 is 9.18 Å². The molecule has 1 aromatic heterocycles. The molecule has 6 heteroatoms. The van der Waals surface area contributed by atoms with Gasteiger partial charge >= 0.3 is 0 Å². The van der Waals surface area contributed by atoms with Crippen molar-refractivity contribution in [2.75, 3.05) is 25.5 Å². The number of benzene rings is 1. The van der Waals surface area contributed by atoms with Crippen LogP contribution in [0.2, 0.25) is 0 Å². The number of aromatic nitrogens is 1. The average molecular weight is 330 g/mol. The maximum Gasteiger partial charge on any atom is 0.257 e. The quantitative estimate of drug-likeness (QED) is 0.854. The van der Waals surface area contributed by atoms with Gasteiger partial charge in [-0.1, -0.05) is 26.0 Å². The Balaban J connectivity index is 2.25.